The zero-order valence-electron chi connectivity index (χ0n) is 13.8. The number of benzene rings is 2. The van der Waals surface area contributed by atoms with Gasteiger partial charge in [-0.3, -0.25) is 0 Å². The van der Waals surface area contributed by atoms with Crippen molar-refractivity contribution >= 4 is 33.2 Å². The molecular weight excluding hydrogens is 353 g/mol. The van der Waals surface area contributed by atoms with E-state index >= 15 is 0 Å². The minimum Gasteiger partial charge on any atom is -0.493 e. The van der Waals surface area contributed by atoms with Gasteiger partial charge in [-0.15, -0.1) is 23.1 Å². The molecular formula is C20H20FNOS2. The van der Waals surface area contributed by atoms with Crippen LogP contribution in [0.5, 0.6) is 5.75 Å². The number of thiophene rings is 1. The van der Waals surface area contributed by atoms with Crippen LogP contribution in [0.4, 0.5) is 4.39 Å². The number of hydrogen-bond donors (Lipinski definition) is 1. The maximum atomic E-state index is 13.0. The number of halogens is 1. The van der Waals surface area contributed by atoms with Crippen LogP contribution in [-0.4, -0.2) is 24.3 Å². The molecule has 2 heterocycles. The largest absolute Gasteiger partial charge is 0.493 e. The third kappa shape index (κ3) is 4.00. The first-order valence-electron chi connectivity index (χ1n) is 8.51. The number of ether oxygens (including phenoxy) is 1. The Kier molecular flexibility index (Phi) is 5.25. The lowest BCUT2D eigenvalue weighted by Gasteiger charge is -2.13. The van der Waals surface area contributed by atoms with Crippen LogP contribution in [0.1, 0.15) is 11.1 Å². The summed E-state index contributed by atoms with van der Waals surface area (Å²) >= 11 is 3.78. The smallest absolute Gasteiger partial charge is 0.127 e. The van der Waals surface area contributed by atoms with Crippen LogP contribution in [0.3, 0.4) is 0 Å². The van der Waals surface area contributed by atoms with E-state index in [1.165, 1.54) is 33.5 Å². The Bertz CT molecular complexity index is 841. The van der Waals surface area contributed by atoms with E-state index in [4.69, 9.17) is 4.74 Å². The second-order valence-electron chi connectivity index (χ2n) is 6.13. The van der Waals surface area contributed by atoms with E-state index in [0.29, 0.717) is 12.0 Å². The highest BCUT2D eigenvalue weighted by Gasteiger charge is 2.17. The van der Waals surface area contributed by atoms with Crippen LogP contribution in [0, 0.1) is 5.82 Å². The molecule has 1 fully saturated rings. The summed E-state index contributed by atoms with van der Waals surface area (Å²) in [5, 5.41) is 7.40. The molecule has 25 heavy (non-hydrogen) atoms. The summed E-state index contributed by atoms with van der Waals surface area (Å²) in [4.78, 5) is 0. The zero-order chi connectivity index (χ0) is 17.1. The molecule has 1 aromatic heterocycles. The summed E-state index contributed by atoms with van der Waals surface area (Å²) in [6.07, 6.45) is 1.83. The first-order chi connectivity index (χ1) is 12.3. The summed E-state index contributed by atoms with van der Waals surface area (Å²) in [7, 11) is 0. The van der Waals surface area contributed by atoms with Gasteiger partial charge in [0.2, 0.25) is 0 Å². The number of hydrogen-bond acceptors (Lipinski definition) is 4. The standard InChI is InChI=1S/C20H20FNOS2/c21-16-4-1-14(2-5-16)7-10-23-18-6-3-15(13-19-22-9-12-24-19)20-17(18)8-11-25-20/h1-6,8,11,19,22H,7,9-10,12-13H2. The molecule has 2 aromatic carbocycles. The molecule has 1 N–H and O–H groups in total. The maximum Gasteiger partial charge on any atom is 0.127 e. The van der Waals surface area contributed by atoms with E-state index in [2.05, 4.69) is 28.9 Å². The van der Waals surface area contributed by atoms with Crippen LogP contribution >= 0.6 is 23.1 Å². The Balaban J connectivity index is 1.45. The monoisotopic (exact) mass is 373 g/mol. The fourth-order valence-corrected chi connectivity index (χ4v) is 5.11. The lowest BCUT2D eigenvalue weighted by Crippen LogP contribution is -2.21. The molecule has 3 aromatic rings. The van der Waals surface area contributed by atoms with Gasteiger partial charge in [0.15, 0.2) is 0 Å². The molecule has 130 valence electrons. The van der Waals surface area contributed by atoms with Crippen LogP contribution in [0.2, 0.25) is 0 Å². The van der Waals surface area contributed by atoms with Crippen molar-refractivity contribution in [2.45, 2.75) is 18.2 Å². The van der Waals surface area contributed by atoms with Gasteiger partial charge < -0.3 is 10.1 Å². The highest BCUT2D eigenvalue weighted by atomic mass is 32.2. The number of thioether (sulfide) groups is 1. The molecule has 1 atom stereocenters. The summed E-state index contributed by atoms with van der Waals surface area (Å²) in [6.45, 7) is 1.70. The molecule has 0 saturated carbocycles. The second-order valence-corrected chi connectivity index (χ2v) is 8.36. The minimum atomic E-state index is -0.199. The minimum absolute atomic E-state index is 0.199. The van der Waals surface area contributed by atoms with E-state index < -0.39 is 0 Å². The Labute approximate surface area is 155 Å². The molecule has 1 aliphatic rings. The number of rotatable bonds is 6. The van der Waals surface area contributed by atoms with Crippen LogP contribution in [0.15, 0.2) is 47.8 Å². The van der Waals surface area contributed by atoms with Gasteiger partial charge >= 0.3 is 0 Å². The molecule has 0 bridgehead atoms. The molecule has 4 rings (SSSR count). The highest BCUT2D eigenvalue weighted by molar-refractivity contribution is 8.00. The molecule has 5 heteroatoms. The third-order valence-electron chi connectivity index (χ3n) is 4.42. The average molecular weight is 374 g/mol. The first kappa shape index (κ1) is 16.9. The van der Waals surface area contributed by atoms with E-state index in [9.17, 15) is 4.39 Å². The molecule has 1 saturated heterocycles. The zero-order valence-corrected chi connectivity index (χ0v) is 15.5. The van der Waals surface area contributed by atoms with E-state index in [0.717, 1.165) is 30.7 Å². The fourth-order valence-electron chi connectivity index (χ4n) is 3.12. The van der Waals surface area contributed by atoms with Crippen molar-refractivity contribution in [3.63, 3.8) is 0 Å². The predicted molar refractivity (Wildman–Crippen MR) is 105 cm³/mol. The Morgan fingerprint density at radius 3 is 2.80 bits per heavy atom. The van der Waals surface area contributed by atoms with Crippen molar-refractivity contribution in [2.75, 3.05) is 18.9 Å². The van der Waals surface area contributed by atoms with Gasteiger partial charge in [0.05, 0.1) is 12.0 Å². The lowest BCUT2D eigenvalue weighted by molar-refractivity contribution is 0.325. The SMILES string of the molecule is Fc1ccc(CCOc2ccc(CC3NCCS3)c3sccc23)cc1. The second kappa shape index (κ2) is 7.77. The molecule has 0 spiro atoms. The summed E-state index contributed by atoms with van der Waals surface area (Å²) in [5.74, 6) is 1.94. The molecule has 0 aliphatic carbocycles. The maximum absolute atomic E-state index is 13.0. The highest BCUT2D eigenvalue weighted by Crippen LogP contribution is 2.34. The van der Waals surface area contributed by atoms with Crippen molar-refractivity contribution in [1.82, 2.24) is 5.32 Å². The third-order valence-corrected chi connectivity index (χ3v) is 6.58. The summed E-state index contributed by atoms with van der Waals surface area (Å²) in [5.41, 5.74) is 2.48. The van der Waals surface area contributed by atoms with Gasteiger partial charge in [-0.1, -0.05) is 18.2 Å². The van der Waals surface area contributed by atoms with Gasteiger partial charge in [-0.25, -0.2) is 4.39 Å². The Hall–Kier alpha value is -1.56. The van der Waals surface area contributed by atoms with Crippen molar-refractivity contribution < 1.29 is 9.13 Å². The van der Waals surface area contributed by atoms with Gasteiger partial charge in [0, 0.05) is 28.8 Å². The Morgan fingerprint density at radius 1 is 1.12 bits per heavy atom. The van der Waals surface area contributed by atoms with Crippen molar-refractivity contribution in [3.05, 3.63) is 64.8 Å². The van der Waals surface area contributed by atoms with Crippen LogP contribution < -0.4 is 10.1 Å². The summed E-state index contributed by atoms with van der Waals surface area (Å²) < 4.78 is 20.3. The quantitative estimate of drug-likeness (QED) is 0.666. The molecule has 1 aliphatic heterocycles. The van der Waals surface area contributed by atoms with Crippen LogP contribution in [0.25, 0.3) is 10.1 Å². The van der Waals surface area contributed by atoms with E-state index in [1.54, 1.807) is 11.3 Å². The predicted octanol–water partition coefficient (Wildman–Crippen LogP) is 4.87. The average Bonchev–Trinajstić information content (AvgIpc) is 3.30. The van der Waals surface area contributed by atoms with E-state index in [-0.39, 0.29) is 5.82 Å². The molecule has 0 amide bonds. The van der Waals surface area contributed by atoms with Gasteiger partial charge in [0.1, 0.15) is 11.6 Å². The molecule has 1 unspecified atom stereocenters. The van der Waals surface area contributed by atoms with Gasteiger partial charge in [-0.2, -0.15) is 0 Å². The molecule has 0 radical (unpaired) electrons. The van der Waals surface area contributed by atoms with Crippen LogP contribution in [-0.2, 0) is 12.8 Å². The lowest BCUT2D eigenvalue weighted by atomic mass is 10.1. The number of nitrogens with one attached hydrogen (secondary N) is 1. The van der Waals surface area contributed by atoms with Gasteiger partial charge in [-0.05, 0) is 47.2 Å². The summed E-state index contributed by atoms with van der Waals surface area (Å²) in [6, 6.07) is 13.1. The van der Waals surface area contributed by atoms with E-state index in [1.807, 2.05) is 23.9 Å². The Morgan fingerprint density at radius 2 is 2.00 bits per heavy atom. The fraction of sp³-hybridized carbons (Fsp3) is 0.300. The van der Waals surface area contributed by atoms with Crippen molar-refractivity contribution in [2.24, 2.45) is 0 Å². The van der Waals surface area contributed by atoms with Crippen molar-refractivity contribution in [3.8, 4) is 5.75 Å². The number of fused-ring (bicyclic) bond motifs is 1. The topological polar surface area (TPSA) is 21.3 Å². The molecule has 2 nitrogen and oxygen atoms in total. The van der Waals surface area contributed by atoms with Crippen molar-refractivity contribution in [1.29, 1.82) is 0 Å². The normalized spacial score (nSPS) is 17.2. The first-order valence-corrected chi connectivity index (χ1v) is 10.4. The van der Waals surface area contributed by atoms with Gasteiger partial charge in [0.25, 0.3) is 0 Å².